The van der Waals surface area contributed by atoms with Crippen molar-refractivity contribution in [2.45, 2.75) is 6.61 Å². The molecule has 1 N–H and O–H groups in total. The standard InChI is InChI=1S/C14H11BrO3/c15-11-6-7-13(14(16)17)10(8-11)9-18-12-4-2-1-3-5-12/h1-8H,9H2,(H,16,17). The summed E-state index contributed by atoms with van der Waals surface area (Å²) in [6.45, 7) is 0.227. The van der Waals surface area contributed by atoms with Crippen LogP contribution < -0.4 is 4.74 Å². The van der Waals surface area contributed by atoms with Gasteiger partial charge in [0.25, 0.3) is 0 Å². The van der Waals surface area contributed by atoms with Crippen molar-refractivity contribution in [2.24, 2.45) is 0 Å². The molecule has 0 aliphatic carbocycles. The molecular weight excluding hydrogens is 296 g/mol. The molecule has 18 heavy (non-hydrogen) atoms. The molecule has 2 aromatic carbocycles. The van der Waals surface area contributed by atoms with Gasteiger partial charge in [-0.2, -0.15) is 0 Å². The monoisotopic (exact) mass is 306 g/mol. The highest BCUT2D eigenvalue weighted by Gasteiger charge is 2.10. The van der Waals surface area contributed by atoms with Crippen LogP contribution in [-0.2, 0) is 6.61 Å². The predicted octanol–water partition coefficient (Wildman–Crippen LogP) is 3.73. The molecule has 0 aliphatic heterocycles. The van der Waals surface area contributed by atoms with Gasteiger partial charge in [0.1, 0.15) is 12.4 Å². The van der Waals surface area contributed by atoms with Crippen molar-refractivity contribution in [3.05, 3.63) is 64.1 Å². The molecule has 0 bridgehead atoms. The molecule has 0 aromatic heterocycles. The fourth-order valence-electron chi connectivity index (χ4n) is 1.57. The van der Waals surface area contributed by atoms with E-state index in [0.29, 0.717) is 11.3 Å². The van der Waals surface area contributed by atoms with Crippen molar-refractivity contribution in [3.63, 3.8) is 0 Å². The van der Waals surface area contributed by atoms with Crippen LogP contribution >= 0.6 is 15.9 Å². The molecule has 0 saturated heterocycles. The first kappa shape index (κ1) is 12.6. The molecule has 0 amide bonds. The Hall–Kier alpha value is -1.81. The van der Waals surface area contributed by atoms with Gasteiger partial charge < -0.3 is 9.84 Å². The Kier molecular flexibility index (Phi) is 3.99. The van der Waals surface area contributed by atoms with Gasteiger partial charge in [0.2, 0.25) is 0 Å². The lowest BCUT2D eigenvalue weighted by molar-refractivity contribution is 0.0694. The van der Waals surface area contributed by atoms with E-state index in [4.69, 9.17) is 9.84 Å². The average molecular weight is 307 g/mol. The molecule has 2 aromatic rings. The minimum Gasteiger partial charge on any atom is -0.489 e. The Bertz CT molecular complexity index is 552. The molecule has 0 atom stereocenters. The first-order valence-electron chi connectivity index (χ1n) is 5.36. The molecule has 4 heteroatoms. The van der Waals surface area contributed by atoms with Crippen LogP contribution in [0.5, 0.6) is 5.75 Å². The number of carbonyl (C=O) groups is 1. The number of hydrogen-bond donors (Lipinski definition) is 1. The van der Waals surface area contributed by atoms with E-state index < -0.39 is 5.97 Å². The number of benzene rings is 2. The molecule has 0 radical (unpaired) electrons. The lowest BCUT2D eigenvalue weighted by atomic mass is 10.1. The van der Waals surface area contributed by atoms with Gasteiger partial charge in [0.05, 0.1) is 5.56 Å². The average Bonchev–Trinajstić information content (AvgIpc) is 2.37. The maximum Gasteiger partial charge on any atom is 0.336 e. The molecule has 0 heterocycles. The summed E-state index contributed by atoms with van der Waals surface area (Å²) < 4.78 is 6.39. The summed E-state index contributed by atoms with van der Waals surface area (Å²) in [4.78, 5) is 11.1. The summed E-state index contributed by atoms with van der Waals surface area (Å²) in [5.74, 6) is -0.233. The SMILES string of the molecule is O=C(O)c1ccc(Br)cc1COc1ccccc1. The van der Waals surface area contributed by atoms with E-state index in [-0.39, 0.29) is 12.2 Å². The summed E-state index contributed by atoms with van der Waals surface area (Å²) in [7, 11) is 0. The third-order valence-electron chi connectivity index (χ3n) is 2.44. The fraction of sp³-hybridized carbons (Fsp3) is 0.0714. The number of carboxylic acids is 1. The van der Waals surface area contributed by atoms with Gasteiger partial charge in [0.15, 0.2) is 0 Å². The first-order chi connectivity index (χ1) is 8.66. The summed E-state index contributed by atoms with van der Waals surface area (Å²) in [6.07, 6.45) is 0. The second kappa shape index (κ2) is 5.69. The van der Waals surface area contributed by atoms with Gasteiger partial charge in [-0.15, -0.1) is 0 Å². The van der Waals surface area contributed by atoms with Crippen molar-refractivity contribution in [1.29, 1.82) is 0 Å². The fourth-order valence-corrected chi connectivity index (χ4v) is 1.98. The van der Waals surface area contributed by atoms with Gasteiger partial charge in [-0.25, -0.2) is 4.79 Å². The molecule has 3 nitrogen and oxygen atoms in total. The van der Waals surface area contributed by atoms with Crippen LogP contribution in [0.15, 0.2) is 53.0 Å². The number of halogens is 1. The van der Waals surface area contributed by atoms with Crippen LogP contribution in [0.4, 0.5) is 0 Å². The van der Waals surface area contributed by atoms with Crippen molar-refractivity contribution < 1.29 is 14.6 Å². The molecule has 2 rings (SSSR count). The smallest absolute Gasteiger partial charge is 0.336 e. The topological polar surface area (TPSA) is 46.5 Å². The Morgan fingerprint density at radius 2 is 1.89 bits per heavy atom. The van der Waals surface area contributed by atoms with E-state index in [1.165, 1.54) is 0 Å². The zero-order valence-corrected chi connectivity index (χ0v) is 11.1. The second-order valence-corrected chi connectivity index (χ2v) is 4.62. The van der Waals surface area contributed by atoms with Crippen LogP contribution in [-0.4, -0.2) is 11.1 Å². The number of rotatable bonds is 4. The summed E-state index contributed by atoms with van der Waals surface area (Å²) in [6, 6.07) is 14.3. The van der Waals surface area contributed by atoms with Crippen LogP contribution in [0.3, 0.4) is 0 Å². The molecule has 0 aliphatic rings. The van der Waals surface area contributed by atoms with Gasteiger partial charge in [-0.05, 0) is 30.3 Å². The van der Waals surface area contributed by atoms with Crippen molar-refractivity contribution >= 4 is 21.9 Å². The highest BCUT2D eigenvalue weighted by molar-refractivity contribution is 9.10. The van der Waals surface area contributed by atoms with E-state index in [0.717, 1.165) is 4.47 Å². The highest BCUT2D eigenvalue weighted by Crippen LogP contribution is 2.19. The molecule has 0 fully saturated rings. The highest BCUT2D eigenvalue weighted by atomic mass is 79.9. The largest absolute Gasteiger partial charge is 0.489 e. The lowest BCUT2D eigenvalue weighted by Crippen LogP contribution is -2.05. The first-order valence-corrected chi connectivity index (χ1v) is 6.15. The maximum atomic E-state index is 11.1. The number of para-hydroxylation sites is 1. The van der Waals surface area contributed by atoms with E-state index in [1.54, 1.807) is 18.2 Å². The zero-order chi connectivity index (χ0) is 13.0. The van der Waals surface area contributed by atoms with Gasteiger partial charge >= 0.3 is 5.97 Å². The Morgan fingerprint density at radius 3 is 2.56 bits per heavy atom. The molecular formula is C14H11BrO3. The van der Waals surface area contributed by atoms with Crippen LogP contribution in [0, 0.1) is 0 Å². The van der Waals surface area contributed by atoms with Gasteiger partial charge in [-0.3, -0.25) is 0 Å². The van der Waals surface area contributed by atoms with Crippen LogP contribution in [0.1, 0.15) is 15.9 Å². The predicted molar refractivity (Wildman–Crippen MR) is 71.9 cm³/mol. The second-order valence-electron chi connectivity index (χ2n) is 3.71. The number of ether oxygens (including phenoxy) is 1. The van der Waals surface area contributed by atoms with Crippen LogP contribution in [0.25, 0.3) is 0 Å². The third kappa shape index (κ3) is 3.11. The minimum absolute atomic E-state index is 0.227. The number of carboxylic acid groups (broad SMARTS) is 1. The number of aromatic carboxylic acids is 1. The van der Waals surface area contributed by atoms with Crippen LogP contribution in [0.2, 0.25) is 0 Å². The van der Waals surface area contributed by atoms with Crippen molar-refractivity contribution in [3.8, 4) is 5.75 Å². The molecule has 0 spiro atoms. The quantitative estimate of drug-likeness (QED) is 0.936. The van der Waals surface area contributed by atoms with Gasteiger partial charge in [-0.1, -0.05) is 34.1 Å². The number of hydrogen-bond acceptors (Lipinski definition) is 2. The third-order valence-corrected chi connectivity index (χ3v) is 2.93. The van der Waals surface area contributed by atoms with E-state index in [9.17, 15) is 4.79 Å². The molecule has 0 unspecified atom stereocenters. The van der Waals surface area contributed by atoms with Gasteiger partial charge in [0, 0.05) is 10.0 Å². The van der Waals surface area contributed by atoms with Crippen molar-refractivity contribution in [2.75, 3.05) is 0 Å². The van der Waals surface area contributed by atoms with E-state index in [1.807, 2.05) is 30.3 Å². The molecule has 0 saturated carbocycles. The van der Waals surface area contributed by atoms with E-state index in [2.05, 4.69) is 15.9 Å². The maximum absolute atomic E-state index is 11.1. The summed E-state index contributed by atoms with van der Waals surface area (Å²) >= 11 is 3.32. The zero-order valence-electron chi connectivity index (χ0n) is 9.47. The summed E-state index contributed by atoms with van der Waals surface area (Å²) in [5, 5.41) is 9.08. The Labute approximate surface area is 113 Å². The normalized spacial score (nSPS) is 10.1. The minimum atomic E-state index is -0.950. The molecule has 92 valence electrons. The Morgan fingerprint density at radius 1 is 1.17 bits per heavy atom. The Balaban J connectivity index is 2.18. The van der Waals surface area contributed by atoms with Crippen molar-refractivity contribution in [1.82, 2.24) is 0 Å². The lowest BCUT2D eigenvalue weighted by Gasteiger charge is -2.09. The van der Waals surface area contributed by atoms with E-state index >= 15 is 0 Å². The summed E-state index contributed by atoms with van der Waals surface area (Å²) in [5.41, 5.74) is 0.898.